The Bertz CT molecular complexity index is 1170. The molecular weight excluding hydrogens is 346 g/mol. The van der Waals surface area contributed by atoms with E-state index >= 15 is 0 Å². The van der Waals surface area contributed by atoms with Gasteiger partial charge in [0.15, 0.2) is 11.7 Å². The van der Waals surface area contributed by atoms with E-state index in [9.17, 15) is 0 Å². The lowest BCUT2D eigenvalue weighted by Crippen LogP contribution is -2.41. The number of amidine groups is 2. The van der Waals surface area contributed by atoms with Gasteiger partial charge in [-0.2, -0.15) is 0 Å². The van der Waals surface area contributed by atoms with E-state index in [4.69, 9.17) is 15.0 Å². The minimum Gasteiger partial charge on any atom is -0.282 e. The van der Waals surface area contributed by atoms with E-state index in [1.807, 2.05) is 54.6 Å². The van der Waals surface area contributed by atoms with Gasteiger partial charge in [0.1, 0.15) is 0 Å². The summed E-state index contributed by atoms with van der Waals surface area (Å²) in [6.45, 7) is 0. The maximum Gasteiger partial charge on any atom is 0.153 e. The molecular formula is C23H15N5. The smallest absolute Gasteiger partial charge is 0.153 e. The van der Waals surface area contributed by atoms with Gasteiger partial charge >= 0.3 is 0 Å². The van der Waals surface area contributed by atoms with Gasteiger partial charge in [0.05, 0.1) is 22.8 Å². The van der Waals surface area contributed by atoms with Crippen molar-refractivity contribution in [1.29, 1.82) is 0 Å². The summed E-state index contributed by atoms with van der Waals surface area (Å²) in [5, 5.41) is 0. The molecule has 0 aliphatic carbocycles. The van der Waals surface area contributed by atoms with Crippen molar-refractivity contribution in [2.75, 3.05) is 0 Å². The van der Waals surface area contributed by atoms with Crippen LogP contribution in [0, 0.1) is 0 Å². The third-order valence-electron chi connectivity index (χ3n) is 5.04. The molecule has 0 saturated carbocycles. The predicted molar refractivity (Wildman–Crippen MR) is 112 cm³/mol. The van der Waals surface area contributed by atoms with E-state index in [-0.39, 0.29) is 0 Å². The minimum atomic E-state index is 0.773. The number of nitrogens with zero attached hydrogens (tertiary/aromatic N) is 3. The zero-order valence-electron chi connectivity index (χ0n) is 14.8. The number of rotatable bonds is 0. The topological polar surface area (TPSA) is 61.7 Å². The Morgan fingerprint density at radius 1 is 0.500 bits per heavy atom. The third kappa shape index (κ3) is 2.30. The molecule has 6 bridgehead atoms. The SMILES string of the molecule is C1=C2N=C(NNC3=NC(=Cc4cccc1n4)c1ccccc13)c1ccccc12. The molecule has 3 aromatic rings. The van der Waals surface area contributed by atoms with Crippen LogP contribution in [0.15, 0.2) is 76.7 Å². The van der Waals surface area contributed by atoms with Crippen LogP contribution < -0.4 is 10.9 Å². The summed E-state index contributed by atoms with van der Waals surface area (Å²) < 4.78 is 0. The van der Waals surface area contributed by atoms with Crippen molar-refractivity contribution in [3.05, 3.63) is 100 Å². The highest BCUT2D eigenvalue weighted by atomic mass is 15.4. The Balaban J connectivity index is 1.58. The van der Waals surface area contributed by atoms with Crippen molar-refractivity contribution >= 4 is 35.2 Å². The van der Waals surface area contributed by atoms with Crippen LogP contribution in [-0.2, 0) is 0 Å². The van der Waals surface area contributed by atoms with Crippen LogP contribution in [0.1, 0.15) is 33.6 Å². The number of fused-ring (bicyclic) bond motifs is 10. The molecule has 3 aliphatic rings. The van der Waals surface area contributed by atoms with E-state index in [1.54, 1.807) is 0 Å². The molecule has 3 aliphatic heterocycles. The first kappa shape index (κ1) is 15.1. The van der Waals surface area contributed by atoms with Crippen LogP contribution in [0.25, 0.3) is 23.5 Å². The van der Waals surface area contributed by atoms with Crippen LogP contribution >= 0.6 is 0 Å². The summed E-state index contributed by atoms with van der Waals surface area (Å²) in [5.41, 5.74) is 14.3. The molecule has 0 spiro atoms. The molecule has 4 heterocycles. The number of nitrogens with one attached hydrogen (secondary N) is 2. The molecule has 0 fully saturated rings. The first-order valence-corrected chi connectivity index (χ1v) is 9.15. The number of aliphatic imine (C=N–C) groups is 2. The van der Waals surface area contributed by atoms with Crippen LogP contribution in [0.3, 0.4) is 0 Å². The Hall–Kier alpha value is -3.99. The van der Waals surface area contributed by atoms with Crippen molar-refractivity contribution in [2.24, 2.45) is 9.98 Å². The maximum absolute atomic E-state index is 4.80. The lowest BCUT2D eigenvalue weighted by atomic mass is 10.1. The molecule has 0 saturated heterocycles. The Morgan fingerprint density at radius 3 is 1.46 bits per heavy atom. The van der Waals surface area contributed by atoms with Crippen molar-refractivity contribution in [3.63, 3.8) is 0 Å². The van der Waals surface area contributed by atoms with Gasteiger partial charge in [-0.05, 0) is 24.3 Å². The van der Waals surface area contributed by atoms with E-state index in [0.29, 0.717) is 0 Å². The van der Waals surface area contributed by atoms with Crippen molar-refractivity contribution in [2.45, 2.75) is 0 Å². The zero-order valence-corrected chi connectivity index (χ0v) is 14.8. The Labute approximate surface area is 161 Å². The zero-order chi connectivity index (χ0) is 18.5. The second-order valence-corrected chi connectivity index (χ2v) is 6.81. The van der Waals surface area contributed by atoms with E-state index < -0.39 is 0 Å². The molecule has 6 rings (SSSR count). The summed E-state index contributed by atoms with van der Waals surface area (Å²) in [6.07, 6.45) is 4.04. The van der Waals surface area contributed by atoms with E-state index in [2.05, 4.69) is 35.1 Å². The number of hydrogen-bond donors (Lipinski definition) is 2. The number of aromatic nitrogens is 1. The number of pyridine rings is 1. The summed E-state index contributed by atoms with van der Waals surface area (Å²) in [6, 6.07) is 22.4. The Kier molecular flexibility index (Phi) is 3.10. The molecule has 5 heteroatoms. The molecule has 0 radical (unpaired) electrons. The van der Waals surface area contributed by atoms with Crippen LogP contribution in [0.4, 0.5) is 0 Å². The van der Waals surface area contributed by atoms with Gasteiger partial charge in [0.2, 0.25) is 0 Å². The first-order valence-electron chi connectivity index (χ1n) is 9.15. The second kappa shape index (κ2) is 5.76. The van der Waals surface area contributed by atoms with Gasteiger partial charge in [-0.25, -0.2) is 15.0 Å². The summed E-state index contributed by atoms with van der Waals surface area (Å²) >= 11 is 0. The van der Waals surface area contributed by atoms with E-state index in [1.165, 1.54) is 0 Å². The fourth-order valence-corrected chi connectivity index (χ4v) is 3.75. The van der Waals surface area contributed by atoms with Crippen LogP contribution in [0.2, 0.25) is 0 Å². The predicted octanol–water partition coefficient (Wildman–Crippen LogP) is 3.71. The molecule has 28 heavy (non-hydrogen) atoms. The number of benzene rings is 2. The third-order valence-corrected chi connectivity index (χ3v) is 5.04. The van der Waals surface area contributed by atoms with Gasteiger partial charge in [-0.1, -0.05) is 54.6 Å². The second-order valence-electron chi connectivity index (χ2n) is 6.81. The van der Waals surface area contributed by atoms with Gasteiger partial charge < -0.3 is 0 Å². The van der Waals surface area contributed by atoms with Gasteiger partial charge in [-0.15, -0.1) is 0 Å². The Morgan fingerprint density at radius 2 is 0.964 bits per heavy atom. The minimum absolute atomic E-state index is 0.773. The monoisotopic (exact) mass is 361 g/mol. The highest BCUT2D eigenvalue weighted by molar-refractivity contribution is 6.15. The molecule has 132 valence electrons. The van der Waals surface area contributed by atoms with Crippen molar-refractivity contribution in [3.8, 4) is 0 Å². The summed E-state index contributed by atoms with van der Waals surface area (Å²) in [7, 11) is 0. The lowest BCUT2D eigenvalue weighted by Gasteiger charge is -2.10. The molecule has 0 unspecified atom stereocenters. The van der Waals surface area contributed by atoms with E-state index in [0.717, 1.165) is 56.7 Å². The fraction of sp³-hybridized carbons (Fsp3) is 0. The lowest BCUT2D eigenvalue weighted by molar-refractivity contribution is 0.870. The molecule has 2 N–H and O–H groups in total. The molecule has 1 aromatic heterocycles. The number of hydrazine groups is 1. The largest absolute Gasteiger partial charge is 0.282 e. The van der Waals surface area contributed by atoms with Gasteiger partial charge in [0, 0.05) is 22.3 Å². The summed E-state index contributed by atoms with van der Waals surface area (Å²) in [5.74, 6) is 1.55. The quantitative estimate of drug-likeness (QED) is 0.642. The maximum atomic E-state index is 4.80. The molecule has 5 nitrogen and oxygen atoms in total. The average molecular weight is 361 g/mol. The normalized spacial score (nSPS) is 15.9. The molecule has 0 amide bonds. The van der Waals surface area contributed by atoms with Gasteiger partial charge in [-0.3, -0.25) is 10.9 Å². The van der Waals surface area contributed by atoms with Crippen molar-refractivity contribution in [1.82, 2.24) is 15.8 Å². The van der Waals surface area contributed by atoms with Crippen molar-refractivity contribution < 1.29 is 0 Å². The molecule has 0 atom stereocenters. The molecule has 2 aromatic carbocycles. The van der Waals surface area contributed by atoms with Crippen LogP contribution in [-0.4, -0.2) is 16.7 Å². The fourth-order valence-electron chi connectivity index (χ4n) is 3.75. The highest BCUT2D eigenvalue weighted by Crippen LogP contribution is 2.31. The highest BCUT2D eigenvalue weighted by Gasteiger charge is 2.24. The average Bonchev–Trinajstić information content (AvgIpc) is 3.25. The van der Waals surface area contributed by atoms with Crippen LogP contribution in [0.5, 0.6) is 0 Å². The first-order chi connectivity index (χ1) is 13.8. The summed E-state index contributed by atoms with van der Waals surface area (Å²) in [4.78, 5) is 14.4. The number of hydrogen-bond acceptors (Lipinski definition) is 5. The standard InChI is InChI=1S/C23H15N5/c1-3-10-18-16(8-1)20-12-14-6-5-7-15(24-14)13-21-17-9-2-4-11-19(17)23(26-21)28-27-22(18)25-20/h1-13H,(H,25,27)(H,26,28). The van der Waals surface area contributed by atoms with Gasteiger partial charge in [0.25, 0.3) is 0 Å².